The molecule has 0 bridgehead atoms. The molecule has 0 spiro atoms. The molecule has 2 aromatic rings. The van der Waals surface area contributed by atoms with Gasteiger partial charge in [-0.05, 0) is 62.0 Å². The van der Waals surface area contributed by atoms with E-state index < -0.39 is 12.3 Å². The topological polar surface area (TPSA) is 40.5 Å². The summed E-state index contributed by atoms with van der Waals surface area (Å²) in [7, 11) is 0. The molecule has 0 radical (unpaired) electrons. The minimum Gasteiger partial charge on any atom is -0.465 e. The third kappa shape index (κ3) is 3.90. The molecule has 0 aromatic heterocycles. The van der Waals surface area contributed by atoms with E-state index in [1.807, 2.05) is 55.5 Å². The normalized spacial score (nSPS) is 23.1. The van der Waals surface area contributed by atoms with Crippen LogP contribution in [-0.4, -0.2) is 28.8 Å². The summed E-state index contributed by atoms with van der Waals surface area (Å²) in [6.07, 6.45) is -2.04. The van der Waals surface area contributed by atoms with Gasteiger partial charge in [0.05, 0.1) is 6.04 Å². The van der Waals surface area contributed by atoms with Crippen LogP contribution in [0.4, 0.5) is 9.18 Å². The summed E-state index contributed by atoms with van der Waals surface area (Å²) in [6.45, 7) is 2.02. The van der Waals surface area contributed by atoms with Crippen molar-refractivity contribution < 1.29 is 14.3 Å². The van der Waals surface area contributed by atoms with Crippen LogP contribution < -0.4 is 0 Å². The lowest BCUT2D eigenvalue weighted by Crippen LogP contribution is -2.34. The van der Waals surface area contributed by atoms with Gasteiger partial charge in [-0.2, -0.15) is 0 Å². The number of hydrogen-bond acceptors (Lipinski definition) is 1. The van der Waals surface area contributed by atoms with Crippen molar-refractivity contribution in [3.8, 4) is 0 Å². The summed E-state index contributed by atoms with van der Waals surface area (Å²) in [6, 6.07) is 14.8. The van der Waals surface area contributed by atoms with Gasteiger partial charge in [-0.3, -0.25) is 0 Å². The molecule has 3 rings (SSSR count). The minimum atomic E-state index is -1.02. The second-order valence-corrected chi connectivity index (χ2v) is 8.04. The summed E-state index contributed by atoms with van der Waals surface area (Å²) in [5.74, 6) is -0.565. The van der Waals surface area contributed by atoms with Gasteiger partial charge in [-0.1, -0.05) is 36.4 Å². The predicted molar refractivity (Wildman–Crippen MR) is 103 cm³/mol. The minimum absolute atomic E-state index is 0.185. The van der Waals surface area contributed by atoms with Gasteiger partial charge in [0.25, 0.3) is 0 Å². The number of benzene rings is 2. The average Bonchev–Trinajstić information content (AvgIpc) is 3.24. The highest BCUT2D eigenvalue weighted by Gasteiger charge is 2.53. The van der Waals surface area contributed by atoms with Crippen LogP contribution in [0.2, 0.25) is 0 Å². The molecule has 1 unspecified atom stereocenters. The Kier molecular flexibility index (Phi) is 5.49. The Hall–Kier alpha value is -1.40. The highest BCUT2D eigenvalue weighted by Crippen LogP contribution is 2.52. The summed E-state index contributed by atoms with van der Waals surface area (Å²) >= 11 is 6.84. The third-order valence-electron chi connectivity index (χ3n) is 4.80. The van der Waals surface area contributed by atoms with Gasteiger partial charge in [0.1, 0.15) is 6.17 Å². The molecule has 0 heterocycles. The fourth-order valence-corrected chi connectivity index (χ4v) is 3.88. The van der Waals surface area contributed by atoms with E-state index in [1.54, 1.807) is 0 Å². The van der Waals surface area contributed by atoms with Gasteiger partial charge in [-0.15, -0.1) is 0 Å². The first kappa shape index (κ1) is 18.4. The Labute approximate surface area is 163 Å². The van der Waals surface area contributed by atoms with Gasteiger partial charge in [0, 0.05) is 27.3 Å². The smallest absolute Gasteiger partial charge is 0.407 e. The molecule has 132 valence electrons. The molecule has 3 nitrogen and oxygen atoms in total. The molecule has 2 aromatic carbocycles. The number of rotatable bonds is 5. The van der Waals surface area contributed by atoms with Crippen molar-refractivity contribution in [2.75, 3.05) is 6.54 Å². The summed E-state index contributed by atoms with van der Waals surface area (Å²) < 4.78 is 16.2. The summed E-state index contributed by atoms with van der Waals surface area (Å²) in [5, 5.41) is 9.60. The van der Waals surface area contributed by atoms with E-state index in [0.29, 0.717) is 0 Å². The Bertz CT molecular complexity index is 771. The van der Waals surface area contributed by atoms with Crippen molar-refractivity contribution >= 4 is 38.0 Å². The first-order valence-electron chi connectivity index (χ1n) is 8.03. The predicted octanol–water partition coefficient (Wildman–Crippen LogP) is 6.00. The lowest BCUT2D eigenvalue weighted by atomic mass is 10.1. The molecular formula is C19H18Br2FNO2. The van der Waals surface area contributed by atoms with E-state index in [2.05, 4.69) is 31.9 Å². The van der Waals surface area contributed by atoms with Crippen molar-refractivity contribution in [1.29, 1.82) is 0 Å². The van der Waals surface area contributed by atoms with Gasteiger partial charge in [0.2, 0.25) is 0 Å². The van der Waals surface area contributed by atoms with Gasteiger partial charge >= 0.3 is 6.09 Å². The van der Waals surface area contributed by atoms with Crippen LogP contribution in [0.1, 0.15) is 30.0 Å². The fraction of sp³-hybridized carbons (Fsp3) is 0.316. The van der Waals surface area contributed by atoms with Gasteiger partial charge in [-0.25, -0.2) is 9.18 Å². The standard InChI is InChI=1S/C19H18Br2FNO2/c1-11(12-5-3-2-4-6-12)23(19(24)25)10-14-17(18(14)22)13-7-8-15(20)16(21)9-13/h2-9,11,14,17-18H,10H2,1H3,(H,24,25)/t11-,14?,17+,18-/m1/s1. The molecule has 0 aliphatic heterocycles. The van der Waals surface area contributed by atoms with Gasteiger partial charge < -0.3 is 10.0 Å². The van der Waals surface area contributed by atoms with Crippen LogP contribution >= 0.6 is 31.9 Å². The van der Waals surface area contributed by atoms with Crippen LogP contribution in [0.3, 0.4) is 0 Å². The van der Waals surface area contributed by atoms with E-state index in [-0.39, 0.29) is 24.4 Å². The van der Waals surface area contributed by atoms with E-state index in [9.17, 15) is 14.3 Å². The van der Waals surface area contributed by atoms with Crippen LogP contribution in [-0.2, 0) is 0 Å². The monoisotopic (exact) mass is 469 g/mol. The Morgan fingerprint density at radius 1 is 1.20 bits per heavy atom. The molecular weight excluding hydrogens is 453 g/mol. The lowest BCUT2D eigenvalue weighted by Gasteiger charge is -2.27. The quantitative estimate of drug-likeness (QED) is 0.581. The highest BCUT2D eigenvalue weighted by atomic mass is 79.9. The van der Waals surface area contributed by atoms with E-state index in [0.717, 1.165) is 20.1 Å². The Morgan fingerprint density at radius 3 is 2.48 bits per heavy atom. The lowest BCUT2D eigenvalue weighted by molar-refractivity contribution is 0.123. The first-order chi connectivity index (χ1) is 11.9. The van der Waals surface area contributed by atoms with Crippen LogP contribution in [0.5, 0.6) is 0 Å². The zero-order valence-electron chi connectivity index (χ0n) is 13.6. The van der Waals surface area contributed by atoms with E-state index in [1.165, 1.54) is 4.90 Å². The molecule has 6 heteroatoms. The first-order valence-corrected chi connectivity index (χ1v) is 9.62. The number of nitrogens with zero attached hydrogens (tertiary/aromatic N) is 1. The molecule has 1 aliphatic rings. The zero-order valence-corrected chi connectivity index (χ0v) is 16.7. The maximum absolute atomic E-state index is 14.4. The second-order valence-electron chi connectivity index (χ2n) is 6.33. The molecule has 25 heavy (non-hydrogen) atoms. The molecule has 1 fully saturated rings. The maximum Gasteiger partial charge on any atom is 0.407 e. The number of carboxylic acid groups (broad SMARTS) is 1. The van der Waals surface area contributed by atoms with Crippen molar-refractivity contribution in [3.63, 3.8) is 0 Å². The third-order valence-corrected chi connectivity index (χ3v) is 6.68. The zero-order chi connectivity index (χ0) is 18.1. The van der Waals surface area contributed by atoms with Crippen molar-refractivity contribution in [2.45, 2.75) is 25.1 Å². The molecule has 0 saturated heterocycles. The number of hydrogen-bond donors (Lipinski definition) is 1. The molecule has 1 aliphatic carbocycles. The highest BCUT2D eigenvalue weighted by molar-refractivity contribution is 9.13. The fourth-order valence-electron chi connectivity index (χ4n) is 3.24. The van der Waals surface area contributed by atoms with Crippen molar-refractivity contribution in [3.05, 3.63) is 68.6 Å². The molecule has 1 N–H and O–H groups in total. The number of carbonyl (C=O) groups is 1. The molecule has 1 amide bonds. The molecule has 4 atom stereocenters. The van der Waals surface area contributed by atoms with Gasteiger partial charge in [0.15, 0.2) is 0 Å². The Morgan fingerprint density at radius 2 is 1.88 bits per heavy atom. The number of halogens is 3. The van der Waals surface area contributed by atoms with Crippen LogP contribution in [0.25, 0.3) is 0 Å². The number of amides is 1. The summed E-state index contributed by atoms with van der Waals surface area (Å²) in [5.41, 5.74) is 1.80. The summed E-state index contributed by atoms with van der Waals surface area (Å²) in [4.78, 5) is 13.0. The maximum atomic E-state index is 14.4. The largest absolute Gasteiger partial charge is 0.465 e. The Balaban J connectivity index is 1.75. The molecule has 1 saturated carbocycles. The second kappa shape index (κ2) is 7.46. The van der Waals surface area contributed by atoms with Crippen molar-refractivity contribution in [1.82, 2.24) is 4.90 Å². The SMILES string of the molecule is C[C@H](c1ccccc1)N(CC1[C@@H](F)[C@H]1c1ccc(Br)c(Br)c1)C(=O)O. The average molecular weight is 471 g/mol. The van der Waals surface area contributed by atoms with Crippen LogP contribution in [0, 0.1) is 5.92 Å². The van der Waals surface area contributed by atoms with E-state index in [4.69, 9.17) is 0 Å². The number of alkyl halides is 1. The van der Waals surface area contributed by atoms with E-state index >= 15 is 0 Å². The van der Waals surface area contributed by atoms with Crippen molar-refractivity contribution in [2.24, 2.45) is 5.92 Å². The van der Waals surface area contributed by atoms with Crippen LogP contribution in [0.15, 0.2) is 57.5 Å².